The van der Waals surface area contributed by atoms with Crippen molar-refractivity contribution >= 4 is 29.2 Å². The number of oxime groups is 1. The molecular weight excluding hydrogens is 238 g/mol. The van der Waals surface area contributed by atoms with E-state index < -0.39 is 0 Å². The summed E-state index contributed by atoms with van der Waals surface area (Å²) >= 11 is 4.10. The molecule has 0 spiro atoms. The van der Waals surface area contributed by atoms with Gasteiger partial charge in [0.25, 0.3) is 0 Å². The summed E-state index contributed by atoms with van der Waals surface area (Å²) in [6.07, 6.45) is 4.22. The van der Waals surface area contributed by atoms with Crippen LogP contribution in [0.2, 0.25) is 0 Å². The predicted octanol–water partition coefficient (Wildman–Crippen LogP) is 4.23. The maximum absolute atomic E-state index is 9.09. The minimum atomic E-state index is 0.349. The van der Waals surface area contributed by atoms with Crippen molar-refractivity contribution in [2.75, 3.05) is 11.5 Å². The number of thioether (sulfide) groups is 2. The van der Waals surface area contributed by atoms with Gasteiger partial charge in [-0.25, -0.2) is 0 Å². The molecule has 1 N–H and O–H groups in total. The van der Waals surface area contributed by atoms with Crippen molar-refractivity contribution in [3.63, 3.8) is 0 Å². The highest BCUT2D eigenvalue weighted by atomic mass is 32.2. The quantitative estimate of drug-likeness (QED) is 0.441. The second-order valence-corrected chi connectivity index (χ2v) is 7.89. The van der Waals surface area contributed by atoms with Crippen LogP contribution in [0.15, 0.2) is 5.16 Å². The topological polar surface area (TPSA) is 32.6 Å². The van der Waals surface area contributed by atoms with E-state index in [0.29, 0.717) is 10.00 Å². The molecule has 1 fully saturated rings. The van der Waals surface area contributed by atoms with Crippen LogP contribution in [-0.4, -0.2) is 26.5 Å². The highest BCUT2D eigenvalue weighted by Crippen LogP contribution is 2.46. The summed E-state index contributed by atoms with van der Waals surface area (Å²) < 4.78 is 0.349. The van der Waals surface area contributed by atoms with E-state index in [1.165, 1.54) is 11.5 Å². The SMILES string of the molecule is CCC(CC)/C(CCC1(C)SCCS1)=N\O. The summed E-state index contributed by atoms with van der Waals surface area (Å²) in [6.45, 7) is 6.65. The number of rotatable bonds is 6. The molecule has 0 radical (unpaired) electrons. The van der Waals surface area contributed by atoms with Crippen LogP contribution in [0.1, 0.15) is 46.5 Å². The lowest BCUT2D eigenvalue weighted by Gasteiger charge is -2.23. The Balaban J connectivity index is 2.45. The van der Waals surface area contributed by atoms with Gasteiger partial charge in [-0.05, 0) is 32.6 Å². The number of hydrogen-bond donors (Lipinski definition) is 1. The maximum Gasteiger partial charge on any atom is 0.0602 e. The van der Waals surface area contributed by atoms with Gasteiger partial charge in [0, 0.05) is 17.4 Å². The summed E-state index contributed by atoms with van der Waals surface area (Å²) in [4.78, 5) is 0. The van der Waals surface area contributed by atoms with Crippen LogP contribution in [0.3, 0.4) is 0 Å². The third-order valence-electron chi connectivity index (χ3n) is 3.32. The lowest BCUT2D eigenvalue weighted by Crippen LogP contribution is -2.18. The Morgan fingerprint density at radius 3 is 2.31 bits per heavy atom. The van der Waals surface area contributed by atoms with Crippen LogP contribution >= 0.6 is 23.5 Å². The van der Waals surface area contributed by atoms with E-state index in [9.17, 15) is 0 Å². The van der Waals surface area contributed by atoms with E-state index >= 15 is 0 Å². The molecule has 0 saturated carbocycles. The van der Waals surface area contributed by atoms with Gasteiger partial charge >= 0.3 is 0 Å². The zero-order valence-corrected chi connectivity index (χ0v) is 12.2. The first-order valence-corrected chi connectivity index (χ1v) is 8.11. The van der Waals surface area contributed by atoms with Gasteiger partial charge in [0.1, 0.15) is 0 Å². The van der Waals surface area contributed by atoms with Gasteiger partial charge in [-0.2, -0.15) is 0 Å². The lowest BCUT2D eigenvalue weighted by molar-refractivity contribution is 0.311. The Kier molecular flexibility index (Phi) is 6.05. The van der Waals surface area contributed by atoms with E-state index in [-0.39, 0.29) is 0 Å². The van der Waals surface area contributed by atoms with E-state index in [1.807, 2.05) is 0 Å². The van der Waals surface area contributed by atoms with Crippen molar-refractivity contribution in [1.82, 2.24) is 0 Å². The number of hydrogen-bond acceptors (Lipinski definition) is 4. The van der Waals surface area contributed by atoms with Crippen LogP contribution < -0.4 is 0 Å². The fraction of sp³-hybridized carbons (Fsp3) is 0.917. The van der Waals surface area contributed by atoms with Crippen molar-refractivity contribution in [3.8, 4) is 0 Å². The first-order chi connectivity index (χ1) is 7.65. The Morgan fingerprint density at radius 1 is 1.31 bits per heavy atom. The molecule has 2 nitrogen and oxygen atoms in total. The molecule has 0 aromatic carbocycles. The molecule has 0 aliphatic carbocycles. The molecule has 1 aliphatic rings. The summed E-state index contributed by atoms with van der Waals surface area (Å²) in [5.74, 6) is 2.99. The molecule has 1 heterocycles. The van der Waals surface area contributed by atoms with Crippen LogP contribution in [0.5, 0.6) is 0 Å². The van der Waals surface area contributed by atoms with E-state index in [2.05, 4.69) is 49.5 Å². The molecule has 0 aromatic heterocycles. The lowest BCUT2D eigenvalue weighted by atomic mass is 9.94. The smallest absolute Gasteiger partial charge is 0.0602 e. The third-order valence-corrected chi connectivity index (χ3v) is 6.73. The summed E-state index contributed by atoms with van der Waals surface area (Å²) in [5, 5.41) is 12.6. The van der Waals surface area contributed by atoms with Crippen LogP contribution in [0, 0.1) is 5.92 Å². The van der Waals surface area contributed by atoms with Gasteiger partial charge in [0.05, 0.1) is 9.79 Å². The van der Waals surface area contributed by atoms with Crippen molar-refractivity contribution in [2.45, 2.75) is 50.5 Å². The molecule has 4 heteroatoms. The zero-order valence-electron chi connectivity index (χ0n) is 10.5. The predicted molar refractivity (Wildman–Crippen MR) is 75.8 cm³/mol. The molecule has 0 atom stereocenters. The highest BCUT2D eigenvalue weighted by Gasteiger charge is 2.30. The summed E-state index contributed by atoms with van der Waals surface area (Å²) in [7, 11) is 0. The van der Waals surface area contributed by atoms with Crippen LogP contribution in [0.25, 0.3) is 0 Å². The Bertz CT molecular complexity index is 233. The minimum Gasteiger partial charge on any atom is -0.411 e. The van der Waals surface area contributed by atoms with E-state index in [0.717, 1.165) is 31.4 Å². The van der Waals surface area contributed by atoms with Crippen molar-refractivity contribution in [3.05, 3.63) is 0 Å². The normalized spacial score (nSPS) is 20.6. The van der Waals surface area contributed by atoms with Crippen LogP contribution in [0.4, 0.5) is 0 Å². The van der Waals surface area contributed by atoms with Gasteiger partial charge in [0.15, 0.2) is 0 Å². The monoisotopic (exact) mass is 261 g/mol. The maximum atomic E-state index is 9.09. The molecule has 94 valence electrons. The van der Waals surface area contributed by atoms with Crippen molar-refractivity contribution in [1.29, 1.82) is 0 Å². The van der Waals surface area contributed by atoms with Gasteiger partial charge in [-0.15, -0.1) is 23.5 Å². The average Bonchev–Trinajstić information content (AvgIpc) is 2.72. The second-order valence-electron chi connectivity index (χ2n) is 4.44. The standard InChI is InChI=1S/C12H23NOS2/c1-4-10(5-2)11(13-14)6-7-12(3)15-8-9-16-12/h10,14H,4-9H2,1-3H3/b13-11-. The van der Waals surface area contributed by atoms with Crippen LogP contribution in [-0.2, 0) is 0 Å². The van der Waals surface area contributed by atoms with Gasteiger partial charge in [0.2, 0.25) is 0 Å². The molecule has 1 rings (SSSR count). The molecule has 1 aliphatic heterocycles. The van der Waals surface area contributed by atoms with Gasteiger partial charge < -0.3 is 5.21 Å². The molecular formula is C12H23NOS2. The molecule has 0 unspecified atom stereocenters. The zero-order chi connectivity index (χ0) is 12.0. The minimum absolute atomic E-state index is 0.349. The molecule has 0 amide bonds. The van der Waals surface area contributed by atoms with E-state index in [1.54, 1.807) is 0 Å². The fourth-order valence-corrected chi connectivity index (χ4v) is 5.01. The van der Waals surface area contributed by atoms with Gasteiger partial charge in [-0.1, -0.05) is 19.0 Å². The highest BCUT2D eigenvalue weighted by molar-refractivity contribution is 8.21. The number of nitrogens with zero attached hydrogens (tertiary/aromatic N) is 1. The molecule has 0 bridgehead atoms. The second kappa shape index (κ2) is 6.80. The average molecular weight is 261 g/mol. The molecule has 1 saturated heterocycles. The van der Waals surface area contributed by atoms with Crippen molar-refractivity contribution < 1.29 is 5.21 Å². The van der Waals surface area contributed by atoms with E-state index in [4.69, 9.17) is 5.21 Å². The Labute approximate surface area is 108 Å². The summed E-state index contributed by atoms with van der Waals surface area (Å²) in [6, 6.07) is 0. The van der Waals surface area contributed by atoms with Crippen molar-refractivity contribution in [2.24, 2.45) is 11.1 Å². The molecule has 16 heavy (non-hydrogen) atoms. The fourth-order valence-electron chi connectivity index (χ4n) is 2.15. The first kappa shape index (κ1) is 14.2. The third kappa shape index (κ3) is 3.88. The Hall–Kier alpha value is 0.170. The first-order valence-electron chi connectivity index (χ1n) is 6.14. The molecule has 0 aromatic rings. The van der Waals surface area contributed by atoms with Gasteiger partial charge in [-0.3, -0.25) is 0 Å². The summed E-state index contributed by atoms with van der Waals surface area (Å²) in [5.41, 5.74) is 0.999. The largest absolute Gasteiger partial charge is 0.411 e. The Morgan fingerprint density at radius 2 is 1.88 bits per heavy atom.